The first-order chi connectivity index (χ1) is 22.6. The molecule has 3 heterocycles. The molecule has 1 amide bonds. The van der Waals surface area contributed by atoms with E-state index in [0.29, 0.717) is 12.1 Å². The number of nitrogens with zero attached hydrogens (tertiary/aromatic N) is 2. The number of aliphatic imine (C=N–C) groups is 1. The number of ketones is 1. The lowest BCUT2D eigenvalue weighted by molar-refractivity contribution is -0.296. The fourth-order valence-electron chi connectivity index (χ4n) is 8.11. The Balaban J connectivity index is 2.34. The Labute approximate surface area is 291 Å². The summed E-state index contributed by atoms with van der Waals surface area (Å²) in [5.41, 5.74) is -5.66. The number of nitrogens with one attached hydrogen (secondary N) is 1. The van der Waals surface area contributed by atoms with Gasteiger partial charge in [0.1, 0.15) is 17.8 Å². The number of hydrogen-bond donors (Lipinski definition) is 3. The number of esters is 1. The summed E-state index contributed by atoms with van der Waals surface area (Å²) in [4.78, 5) is 47.1. The Hall–Kier alpha value is -2.16. The van der Waals surface area contributed by atoms with E-state index in [-0.39, 0.29) is 62.5 Å². The maximum atomic E-state index is 16.6. The molecule has 3 fully saturated rings. The summed E-state index contributed by atoms with van der Waals surface area (Å²) < 4.78 is 41.5. The lowest BCUT2D eigenvalue weighted by atomic mass is 9.68. The highest BCUT2D eigenvalue weighted by atomic mass is 19.1. The highest BCUT2D eigenvalue weighted by Crippen LogP contribution is 2.43. The summed E-state index contributed by atoms with van der Waals surface area (Å²) in [5.74, 6) is -6.03. The van der Waals surface area contributed by atoms with Crippen molar-refractivity contribution < 1.29 is 47.9 Å². The van der Waals surface area contributed by atoms with Crippen molar-refractivity contribution in [2.45, 2.75) is 154 Å². The number of cyclic esters (lactones) is 1. The lowest BCUT2D eigenvalue weighted by Gasteiger charge is -2.48. The van der Waals surface area contributed by atoms with E-state index in [2.05, 4.69) is 4.99 Å². The molecule has 0 unspecified atom stereocenters. The number of ether oxygens (including phenoxy) is 4. The van der Waals surface area contributed by atoms with E-state index in [9.17, 15) is 24.6 Å². The molecule has 0 aromatic rings. The fourth-order valence-corrected chi connectivity index (χ4v) is 8.11. The summed E-state index contributed by atoms with van der Waals surface area (Å²) in [7, 11) is 3.65. The molecule has 13 atom stereocenters. The van der Waals surface area contributed by atoms with Gasteiger partial charge in [0.25, 0.3) is 5.67 Å². The van der Waals surface area contributed by atoms with Crippen LogP contribution in [-0.4, -0.2) is 119 Å². The van der Waals surface area contributed by atoms with Crippen LogP contribution in [0.4, 0.5) is 4.39 Å². The summed E-state index contributed by atoms with van der Waals surface area (Å²) in [5, 5.41) is 32.5. The van der Waals surface area contributed by atoms with Crippen molar-refractivity contribution >= 4 is 29.1 Å². The molecule has 0 saturated carbocycles. The van der Waals surface area contributed by atoms with Gasteiger partial charge in [0.2, 0.25) is 5.91 Å². The molecule has 3 aliphatic heterocycles. The van der Waals surface area contributed by atoms with Crippen LogP contribution < -0.4 is 0 Å². The molecule has 3 N–H and O–H groups in total. The molecule has 49 heavy (non-hydrogen) atoms. The first-order valence-electron chi connectivity index (χ1n) is 17.8. The van der Waals surface area contributed by atoms with E-state index in [1.54, 1.807) is 20.8 Å². The number of aliphatic hydroxyl groups is 2. The molecule has 0 spiro atoms. The van der Waals surface area contributed by atoms with Crippen molar-refractivity contribution in [1.29, 1.82) is 5.41 Å². The second-order valence-corrected chi connectivity index (χ2v) is 15.3. The van der Waals surface area contributed by atoms with Gasteiger partial charge < -0.3 is 39.5 Å². The maximum absolute atomic E-state index is 16.6. The Morgan fingerprint density at radius 3 is 2.33 bits per heavy atom. The number of carbonyl (C=O) groups is 3. The predicted octanol–water partition coefficient (Wildman–Crippen LogP) is 4.06. The molecule has 0 aromatic carbocycles. The van der Waals surface area contributed by atoms with Crippen molar-refractivity contribution in [3.8, 4) is 0 Å². The van der Waals surface area contributed by atoms with E-state index in [1.165, 1.54) is 13.8 Å². The molecule has 13 heteroatoms. The van der Waals surface area contributed by atoms with Crippen LogP contribution in [0.2, 0.25) is 0 Å². The largest absolute Gasteiger partial charge is 0.457 e. The monoisotopic (exact) mass is 697 g/mol. The third-order valence-electron chi connectivity index (χ3n) is 11.1. The first-order valence-corrected chi connectivity index (χ1v) is 17.8. The fraction of sp³-hybridized carbons (Fsp3) is 0.861. The number of amides is 1. The quantitative estimate of drug-likeness (QED) is 0.282. The average molecular weight is 698 g/mol. The number of likely N-dealkylation sites (N-methyl/N-ethyl adjacent to an activating group) is 1. The van der Waals surface area contributed by atoms with Crippen LogP contribution in [0.3, 0.4) is 0 Å². The minimum atomic E-state index is -3.14. The van der Waals surface area contributed by atoms with E-state index < -0.39 is 76.9 Å². The number of aliphatic hydroxyl groups excluding tert-OH is 1. The second kappa shape index (κ2) is 16.0. The van der Waals surface area contributed by atoms with Gasteiger partial charge in [-0.25, -0.2) is 14.2 Å². The van der Waals surface area contributed by atoms with Gasteiger partial charge in [-0.3, -0.25) is 9.59 Å². The number of Topliss-reactive ketones (excluding diaryl/α,β-unsaturated/α-hetero) is 1. The van der Waals surface area contributed by atoms with E-state index in [0.717, 1.165) is 6.92 Å². The summed E-state index contributed by atoms with van der Waals surface area (Å²) >= 11 is 0. The first kappa shape index (κ1) is 41.3. The van der Waals surface area contributed by atoms with Crippen LogP contribution in [0.25, 0.3) is 0 Å². The summed E-state index contributed by atoms with van der Waals surface area (Å²) in [6, 6.07) is -0.358. The molecule has 0 aromatic heterocycles. The van der Waals surface area contributed by atoms with Gasteiger partial charge in [0.15, 0.2) is 12.1 Å². The molecular formula is C36H60FN3O9. The van der Waals surface area contributed by atoms with Crippen LogP contribution >= 0.6 is 0 Å². The van der Waals surface area contributed by atoms with Gasteiger partial charge >= 0.3 is 5.97 Å². The minimum absolute atomic E-state index is 0.0950. The minimum Gasteiger partial charge on any atom is -0.457 e. The second-order valence-electron chi connectivity index (χ2n) is 15.3. The van der Waals surface area contributed by atoms with Crippen LogP contribution in [0, 0.1) is 29.1 Å². The maximum Gasteiger partial charge on any atom is 0.351 e. The number of carbonyl (C=O) groups excluding carboxylic acids is 3. The van der Waals surface area contributed by atoms with Crippen molar-refractivity contribution in [1.82, 2.24) is 4.90 Å². The van der Waals surface area contributed by atoms with Crippen molar-refractivity contribution in [3.05, 3.63) is 0 Å². The lowest BCUT2D eigenvalue weighted by Crippen LogP contribution is -2.61. The topological polar surface area (TPSA) is 168 Å². The number of halogens is 1. The van der Waals surface area contributed by atoms with Crippen LogP contribution in [0.5, 0.6) is 0 Å². The zero-order chi connectivity index (χ0) is 37.2. The van der Waals surface area contributed by atoms with Crippen LogP contribution in [-0.2, 0) is 33.3 Å². The third kappa shape index (κ3) is 8.84. The molecule has 12 nitrogen and oxygen atoms in total. The zero-order valence-corrected chi connectivity index (χ0v) is 31.2. The Morgan fingerprint density at radius 1 is 1.12 bits per heavy atom. The third-order valence-corrected chi connectivity index (χ3v) is 11.1. The van der Waals surface area contributed by atoms with Gasteiger partial charge in [-0.05, 0) is 85.7 Å². The number of alkyl halides is 1. The van der Waals surface area contributed by atoms with Crippen molar-refractivity contribution in [2.75, 3.05) is 20.7 Å². The van der Waals surface area contributed by atoms with Gasteiger partial charge in [-0.2, -0.15) is 0 Å². The van der Waals surface area contributed by atoms with E-state index in [4.69, 9.17) is 24.4 Å². The molecule has 3 saturated heterocycles. The van der Waals surface area contributed by atoms with E-state index >= 15 is 4.39 Å². The Bertz CT molecular complexity index is 1260. The van der Waals surface area contributed by atoms with Gasteiger partial charge in [0, 0.05) is 35.7 Å². The van der Waals surface area contributed by atoms with Crippen molar-refractivity contribution in [2.24, 2.45) is 28.7 Å². The molecule has 3 rings (SSSR count). The summed E-state index contributed by atoms with van der Waals surface area (Å²) in [6.45, 7) is 14.3. The standard InChI is InChI=1S/C36H60FN3O9/c1-12-26-36(9,45)24-15-14-23(38)18-46-34(7,17-19(3)28(21(24)5)39-27(41)13-2)31(22(6)30(43)35(8,37)33(44)48-26)49-32-29(42)25(40(10)11)16-20(4)47-32/h19-22,24-26,29,31-32,38,42,45H,12-18H2,1-11H3/b38-23?,39-28+/t19-,20-,21-,22+,24-,25+,26-,29-,31-,32+,34-,35+,36+/m1/s1. The molecule has 0 radical (unpaired) electrons. The molecule has 3 aliphatic rings. The predicted molar refractivity (Wildman–Crippen MR) is 182 cm³/mol. The van der Waals surface area contributed by atoms with E-state index in [1.807, 2.05) is 39.8 Å². The highest BCUT2D eigenvalue weighted by Gasteiger charge is 2.56. The smallest absolute Gasteiger partial charge is 0.351 e. The average Bonchev–Trinajstić information content (AvgIpc) is 3.04. The number of fused-ring (bicyclic) bond motifs is 5. The molecule has 2 bridgehead atoms. The van der Waals surface area contributed by atoms with Gasteiger partial charge in [-0.1, -0.05) is 34.6 Å². The molecule has 280 valence electrons. The number of hydrogen-bond acceptors (Lipinski definition) is 11. The summed E-state index contributed by atoms with van der Waals surface area (Å²) in [6.07, 6.45) is -3.98. The highest BCUT2D eigenvalue weighted by molar-refractivity contribution is 6.08. The van der Waals surface area contributed by atoms with Crippen LogP contribution in [0.15, 0.2) is 4.99 Å². The molecule has 0 aliphatic carbocycles. The molecular weight excluding hydrogens is 637 g/mol. The Morgan fingerprint density at radius 2 is 1.76 bits per heavy atom. The zero-order valence-electron chi connectivity index (χ0n) is 31.2. The van der Waals surface area contributed by atoms with Gasteiger partial charge in [-0.15, -0.1) is 0 Å². The van der Waals surface area contributed by atoms with Gasteiger partial charge in [0.05, 0.1) is 24.4 Å². The normalized spacial score (nSPS) is 44.2. The van der Waals surface area contributed by atoms with Crippen LogP contribution in [0.1, 0.15) is 101 Å². The Kier molecular flexibility index (Phi) is 13.5. The van der Waals surface area contributed by atoms with Crippen molar-refractivity contribution in [3.63, 3.8) is 0 Å². The number of rotatable bonds is 5. The SMILES string of the molecule is CCC(=O)/N=C1\[C@H](C)C[C@@]2(C)OCC(=N)CC[C@H]([C@H]1C)[C@](C)(O)[C@@H](CC)OC(=O)[C@@](C)(F)C(=O)[C@H](C)[C@H]2O[C@@H]1O[C@H](C)C[C@H](N(C)C)[C@H]1O.